The quantitative estimate of drug-likeness (QED) is 0.360. The number of aromatic nitrogens is 1. The maximum Gasteiger partial charge on any atom is 0.191 e. The molecule has 3 rings (SSSR count). The van der Waals surface area contributed by atoms with Crippen molar-refractivity contribution >= 4 is 29.1 Å². The molecule has 28 heavy (non-hydrogen) atoms. The number of rotatable bonds is 8. The van der Waals surface area contributed by atoms with E-state index in [4.69, 9.17) is 11.6 Å². The number of hydrogen-bond acceptors (Lipinski definition) is 4. The Kier molecular flexibility index (Phi) is 7.79. The summed E-state index contributed by atoms with van der Waals surface area (Å²) in [6.45, 7) is 3.79. The Morgan fingerprint density at radius 2 is 2.11 bits per heavy atom. The molecule has 0 radical (unpaired) electrons. The van der Waals surface area contributed by atoms with Gasteiger partial charge >= 0.3 is 0 Å². The molecule has 1 aliphatic heterocycles. The summed E-state index contributed by atoms with van der Waals surface area (Å²) in [6.07, 6.45) is 5.03. The highest BCUT2D eigenvalue weighted by Crippen LogP contribution is 2.23. The van der Waals surface area contributed by atoms with E-state index in [0.29, 0.717) is 6.04 Å². The molecule has 3 N–H and O–H groups in total. The standard InChI is InChI=1S/C21H29ClN6/c1-23-21(26-13-5-4-12-25-20-9-2-3-11-24-20)27-18-10-14-28(16-18)19-8-6-7-17(22)15-19/h2-3,6-9,11,15,18H,4-5,10,12-14,16H2,1H3,(H,24,25)(H2,23,26,27). The van der Waals surface area contributed by atoms with Crippen LogP contribution in [-0.2, 0) is 0 Å². The molecule has 1 fully saturated rings. The van der Waals surface area contributed by atoms with E-state index in [9.17, 15) is 0 Å². The van der Waals surface area contributed by atoms with E-state index in [1.54, 1.807) is 6.20 Å². The molecule has 0 aliphatic carbocycles. The first-order valence-corrected chi connectivity index (χ1v) is 10.2. The molecule has 0 bridgehead atoms. The van der Waals surface area contributed by atoms with Gasteiger partial charge in [0.2, 0.25) is 0 Å². The largest absolute Gasteiger partial charge is 0.370 e. The summed E-state index contributed by atoms with van der Waals surface area (Å²) in [6, 6.07) is 14.3. The fourth-order valence-electron chi connectivity index (χ4n) is 3.31. The summed E-state index contributed by atoms with van der Waals surface area (Å²) in [5.41, 5.74) is 1.18. The Balaban J connectivity index is 1.32. The first kappa shape index (κ1) is 20.3. The molecule has 6 nitrogen and oxygen atoms in total. The van der Waals surface area contributed by atoms with E-state index in [2.05, 4.69) is 36.9 Å². The fraction of sp³-hybridized carbons (Fsp3) is 0.429. The minimum Gasteiger partial charge on any atom is -0.370 e. The minimum atomic E-state index is 0.385. The zero-order valence-corrected chi connectivity index (χ0v) is 17.1. The second-order valence-corrected chi connectivity index (χ2v) is 7.34. The SMILES string of the molecule is CN=C(NCCCCNc1ccccn1)NC1CCN(c2cccc(Cl)c2)C1. The van der Waals surface area contributed by atoms with Gasteiger partial charge < -0.3 is 20.9 Å². The van der Waals surface area contributed by atoms with Gasteiger partial charge in [-0.05, 0) is 49.6 Å². The number of aliphatic imine (C=N–C) groups is 1. The zero-order chi connectivity index (χ0) is 19.6. The average molecular weight is 401 g/mol. The van der Waals surface area contributed by atoms with E-state index in [1.807, 2.05) is 43.4 Å². The van der Waals surface area contributed by atoms with Crippen LogP contribution in [0.2, 0.25) is 5.02 Å². The van der Waals surface area contributed by atoms with Crippen molar-refractivity contribution in [2.45, 2.75) is 25.3 Å². The Morgan fingerprint density at radius 1 is 1.21 bits per heavy atom. The van der Waals surface area contributed by atoms with Crippen LogP contribution in [0, 0.1) is 0 Å². The zero-order valence-electron chi connectivity index (χ0n) is 16.4. The van der Waals surface area contributed by atoms with Crippen molar-refractivity contribution < 1.29 is 0 Å². The van der Waals surface area contributed by atoms with Crippen LogP contribution < -0.4 is 20.9 Å². The second-order valence-electron chi connectivity index (χ2n) is 6.90. The van der Waals surface area contributed by atoms with E-state index < -0.39 is 0 Å². The van der Waals surface area contributed by atoms with Gasteiger partial charge in [0.05, 0.1) is 0 Å². The van der Waals surface area contributed by atoms with Gasteiger partial charge in [-0.15, -0.1) is 0 Å². The monoisotopic (exact) mass is 400 g/mol. The molecule has 0 saturated carbocycles. The topological polar surface area (TPSA) is 64.6 Å². The molecule has 7 heteroatoms. The lowest BCUT2D eigenvalue weighted by atomic mass is 10.2. The maximum absolute atomic E-state index is 6.12. The summed E-state index contributed by atoms with van der Waals surface area (Å²) in [7, 11) is 1.82. The lowest BCUT2D eigenvalue weighted by molar-refractivity contribution is 0.639. The molecular formula is C21H29ClN6. The third-order valence-electron chi connectivity index (χ3n) is 4.79. The van der Waals surface area contributed by atoms with Crippen LogP contribution in [0.3, 0.4) is 0 Å². The molecular weight excluding hydrogens is 372 g/mol. The Morgan fingerprint density at radius 3 is 2.89 bits per heavy atom. The van der Waals surface area contributed by atoms with Gasteiger partial charge in [0.25, 0.3) is 0 Å². The Labute approximate surface area is 172 Å². The second kappa shape index (κ2) is 10.8. The molecule has 1 atom stereocenters. The number of nitrogens with one attached hydrogen (secondary N) is 3. The van der Waals surface area contributed by atoms with Crippen molar-refractivity contribution in [3.63, 3.8) is 0 Å². The normalized spacial score (nSPS) is 16.9. The number of anilines is 2. The number of nitrogens with zero attached hydrogens (tertiary/aromatic N) is 3. The highest BCUT2D eigenvalue weighted by molar-refractivity contribution is 6.30. The highest BCUT2D eigenvalue weighted by atomic mass is 35.5. The van der Waals surface area contributed by atoms with Crippen molar-refractivity contribution in [2.75, 3.05) is 43.4 Å². The summed E-state index contributed by atoms with van der Waals surface area (Å²) in [5.74, 6) is 1.80. The molecule has 1 unspecified atom stereocenters. The lowest BCUT2D eigenvalue weighted by Crippen LogP contribution is -2.44. The molecule has 2 heterocycles. The van der Waals surface area contributed by atoms with Gasteiger partial charge in [0.1, 0.15) is 5.82 Å². The Hall–Kier alpha value is -2.47. The predicted molar refractivity (Wildman–Crippen MR) is 119 cm³/mol. The molecule has 1 aromatic carbocycles. The van der Waals surface area contributed by atoms with Crippen LogP contribution >= 0.6 is 11.6 Å². The predicted octanol–water partition coefficient (Wildman–Crippen LogP) is 3.37. The van der Waals surface area contributed by atoms with E-state index >= 15 is 0 Å². The summed E-state index contributed by atoms with van der Waals surface area (Å²) in [4.78, 5) is 11.0. The summed E-state index contributed by atoms with van der Waals surface area (Å²) in [5, 5.41) is 11.1. The van der Waals surface area contributed by atoms with Crippen molar-refractivity contribution in [3.8, 4) is 0 Å². The van der Waals surface area contributed by atoms with Crippen LogP contribution in [0.5, 0.6) is 0 Å². The van der Waals surface area contributed by atoms with Gasteiger partial charge in [-0.25, -0.2) is 4.98 Å². The van der Waals surface area contributed by atoms with Crippen molar-refractivity contribution in [1.82, 2.24) is 15.6 Å². The lowest BCUT2D eigenvalue weighted by Gasteiger charge is -2.20. The number of benzene rings is 1. The first-order valence-electron chi connectivity index (χ1n) is 9.87. The van der Waals surface area contributed by atoms with Crippen molar-refractivity contribution in [3.05, 3.63) is 53.7 Å². The molecule has 0 spiro atoms. The average Bonchev–Trinajstić information content (AvgIpc) is 3.19. The maximum atomic E-state index is 6.12. The van der Waals surface area contributed by atoms with Crippen LogP contribution in [0.25, 0.3) is 0 Å². The Bertz CT molecular complexity index is 752. The molecule has 0 amide bonds. The van der Waals surface area contributed by atoms with Crippen LogP contribution in [0.1, 0.15) is 19.3 Å². The number of hydrogen-bond donors (Lipinski definition) is 3. The smallest absolute Gasteiger partial charge is 0.191 e. The number of guanidine groups is 1. The van der Waals surface area contributed by atoms with Crippen molar-refractivity contribution in [1.29, 1.82) is 0 Å². The minimum absolute atomic E-state index is 0.385. The summed E-state index contributed by atoms with van der Waals surface area (Å²) >= 11 is 6.12. The fourth-order valence-corrected chi connectivity index (χ4v) is 3.50. The number of halogens is 1. The van der Waals surface area contributed by atoms with Crippen molar-refractivity contribution in [2.24, 2.45) is 4.99 Å². The van der Waals surface area contributed by atoms with Gasteiger partial charge in [-0.1, -0.05) is 23.7 Å². The van der Waals surface area contributed by atoms with Gasteiger partial charge in [-0.3, -0.25) is 4.99 Å². The number of unbranched alkanes of at least 4 members (excludes halogenated alkanes) is 1. The molecule has 1 saturated heterocycles. The number of pyridine rings is 1. The van der Waals surface area contributed by atoms with Gasteiger partial charge in [0, 0.05) is 56.2 Å². The van der Waals surface area contributed by atoms with E-state index in [0.717, 1.165) is 62.2 Å². The molecule has 2 aromatic rings. The van der Waals surface area contributed by atoms with Gasteiger partial charge in [-0.2, -0.15) is 0 Å². The third kappa shape index (κ3) is 6.30. The van der Waals surface area contributed by atoms with E-state index in [-0.39, 0.29) is 0 Å². The van der Waals surface area contributed by atoms with Crippen LogP contribution in [0.15, 0.2) is 53.7 Å². The molecule has 150 valence electrons. The third-order valence-corrected chi connectivity index (χ3v) is 5.03. The van der Waals surface area contributed by atoms with Crippen LogP contribution in [-0.4, -0.2) is 50.2 Å². The molecule has 1 aliphatic rings. The van der Waals surface area contributed by atoms with E-state index in [1.165, 1.54) is 5.69 Å². The summed E-state index contributed by atoms with van der Waals surface area (Å²) < 4.78 is 0. The highest BCUT2D eigenvalue weighted by Gasteiger charge is 2.23. The van der Waals surface area contributed by atoms with Crippen LogP contribution in [0.4, 0.5) is 11.5 Å². The van der Waals surface area contributed by atoms with Gasteiger partial charge in [0.15, 0.2) is 5.96 Å². The first-order chi connectivity index (χ1) is 13.7. The molecule has 1 aromatic heterocycles.